The first-order chi connectivity index (χ1) is 17.5. The number of rotatable bonds is 6. The Bertz CT molecular complexity index is 1490. The lowest BCUT2D eigenvalue weighted by molar-refractivity contribution is -0.394. The third-order valence-electron chi connectivity index (χ3n) is 5.00. The van der Waals surface area contributed by atoms with Crippen LogP contribution in [0.4, 0.5) is 30.2 Å². The van der Waals surface area contributed by atoms with E-state index in [0.29, 0.717) is 5.56 Å². The molecule has 0 bridgehead atoms. The van der Waals surface area contributed by atoms with Gasteiger partial charge in [0.15, 0.2) is 4.32 Å². The molecule has 1 aliphatic rings. The van der Waals surface area contributed by atoms with Gasteiger partial charge in [-0.25, -0.2) is 0 Å². The quantitative estimate of drug-likeness (QED) is 0.145. The molecule has 0 aromatic heterocycles. The Morgan fingerprint density at radius 1 is 0.946 bits per heavy atom. The molecule has 188 valence electrons. The second kappa shape index (κ2) is 9.99. The van der Waals surface area contributed by atoms with Crippen molar-refractivity contribution in [1.29, 1.82) is 0 Å². The zero-order valence-electron chi connectivity index (χ0n) is 18.2. The van der Waals surface area contributed by atoms with Gasteiger partial charge in [-0.05, 0) is 36.4 Å². The number of anilines is 1. The van der Waals surface area contributed by atoms with Gasteiger partial charge in [0.25, 0.3) is 11.6 Å². The van der Waals surface area contributed by atoms with E-state index < -0.39 is 38.9 Å². The average Bonchev–Trinajstić information content (AvgIpc) is 3.12. The Kier molecular flexibility index (Phi) is 6.96. The first-order valence-corrected chi connectivity index (χ1v) is 11.3. The van der Waals surface area contributed by atoms with E-state index in [-0.39, 0.29) is 26.4 Å². The molecule has 1 heterocycles. The van der Waals surface area contributed by atoms with Gasteiger partial charge in [-0.15, -0.1) is 0 Å². The number of non-ortho nitro benzene ring substituents is 1. The molecule has 1 amide bonds. The van der Waals surface area contributed by atoms with E-state index in [0.717, 1.165) is 47.0 Å². The van der Waals surface area contributed by atoms with Crippen molar-refractivity contribution in [3.8, 4) is 11.5 Å². The van der Waals surface area contributed by atoms with Crippen LogP contribution in [0.2, 0.25) is 0 Å². The molecule has 37 heavy (non-hydrogen) atoms. The lowest BCUT2D eigenvalue weighted by Gasteiger charge is -2.16. The summed E-state index contributed by atoms with van der Waals surface area (Å²) in [4.78, 5) is 34.9. The molecule has 1 fully saturated rings. The van der Waals surface area contributed by atoms with Crippen molar-refractivity contribution < 1.29 is 32.5 Å². The predicted molar refractivity (Wildman–Crippen MR) is 133 cm³/mol. The summed E-state index contributed by atoms with van der Waals surface area (Å²) in [7, 11) is 0. The van der Waals surface area contributed by atoms with E-state index in [1.165, 1.54) is 24.3 Å². The summed E-state index contributed by atoms with van der Waals surface area (Å²) in [5.74, 6) is -0.845. The van der Waals surface area contributed by atoms with Gasteiger partial charge in [0.1, 0.15) is 5.75 Å². The normalized spacial score (nSPS) is 14.8. The third kappa shape index (κ3) is 5.44. The number of para-hydroxylation sites is 1. The fourth-order valence-electron chi connectivity index (χ4n) is 3.31. The summed E-state index contributed by atoms with van der Waals surface area (Å²) in [5.41, 5.74) is -1.82. The molecule has 0 unspecified atom stereocenters. The van der Waals surface area contributed by atoms with E-state index in [1.54, 1.807) is 18.2 Å². The van der Waals surface area contributed by atoms with Crippen LogP contribution in [0.25, 0.3) is 6.08 Å². The lowest BCUT2D eigenvalue weighted by Crippen LogP contribution is -2.27. The molecule has 0 N–H and O–H groups in total. The number of nitro groups is 2. The largest absolute Gasteiger partial charge is 0.449 e. The summed E-state index contributed by atoms with van der Waals surface area (Å²) in [5, 5.41) is 22.4. The standard InChI is InChI=1S/C23H12F3N3O6S2/c24-23(25,26)14-5-3-6-15(11-14)27-21(30)20(37-22(27)36)10-13-4-1-2-7-18(13)35-19-9-8-16(28(31)32)12-17(19)29(33)34/h1-12H/b20-10-. The predicted octanol–water partition coefficient (Wildman–Crippen LogP) is 6.72. The SMILES string of the molecule is O=C1/C(=C/c2ccccc2Oc2ccc([N+](=O)[O-])cc2[N+](=O)[O-])SC(=S)N1c1cccc(C(F)(F)F)c1. The number of ether oxygens (including phenoxy) is 1. The highest BCUT2D eigenvalue weighted by molar-refractivity contribution is 8.27. The Balaban J connectivity index is 1.67. The molecule has 4 rings (SSSR count). The molecule has 0 saturated carbocycles. The second-order valence-corrected chi connectivity index (χ2v) is 9.05. The molecule has 1 saturated heterocycles. The monoisotopic (exact) mass is 547 g/mol. The van der Waals surface area contributed by atoms with Gasteiger partial charge < -0.3 is 4.74 Å². The van der Waals surface area contributed by atoms with Crippen molar-refractivity contribution in [1.82, 2.24) is 0 Å². The molecule has 3 aromatic carbocycles. The number of halogens is 3. The first kappa shape index (κ1) is 25.8. The number of carbonyl (C=O) groups excluding carboxylic acids is 1. The van der Waals surface area contributed by atoms with Crippen LogP contribution in [0.15, 0.2) is 71.6 Å². The van der Waals surface area contributed by atoms with Crippen LogP contribution in [0.1, 0.15) is 11.1 Å². The van der Waals surface area contributed by atoms with E-state index in [1.807, 2.05) is 0 Å². The number of nitrogens with zero attached hydrogens (tertiary/aromatic N) is 3. The van der Waals surface area contributed by atoms with Crippen LogP contribution >= 0.6 is 24.0 Å². The van der Waals surface area contributed by atoms with Gasteiger partial charge >= 0.3 is 11.9 Å². The second-order valence-electron chi connectivity index (χ2n) is 7.37. The number of thiocarbonyl (C=S) groups is 1. The molecule has 3 aromatic rings. The minimum atomic E-state index is -4.61. The molecule has 0 spiro atoms. The van der Waals surface area contributed by atoms with E-state index >= 15 is 0 Å². The van der Waals surface area contributed by atoms with Crippen molar-refractivity contribution in [2.75, 3.05) is 4.90 Å². The van der Waals surface area contributed by atoms with Gasteiger partial charge in [-0.2, -0.15) is 13.2 Å². The topological polar surface area (TPSA) is 116 Å². The molecule has 14 heteroatoms. The average molecular weight is 547 g/mol. The molecular weight excluding hydrogens is 535 g/mol. The number of benzene rings is 3. The fraction of sp³-hybridized carbons (Fsp3) is 0.0435. The minimum absolute atomic E-state index is 0.0139. The maximum Gasteiger partial charge on any atom is 0.416 e. The Morgan fingerprint density at radius 3 is 2.35 bits per heavy atom. The van der Waals surface area contributed by atoms with Crippen molar-refractivity contribution in [3.63, 3.8) is 0 Å². The van der Waals surface area contributed by atoms with Gasteiger partial charge in [0.2, 0.25) is 5.75 Å². The number of thioether (sulfide) groups is 1. The maximum absolute atomic E-state index is 13.1. The lowest BCUT2D eigenvalue weighted by atomic mass is 10.1. The molecular formula is C23H12F3N3O6S2. The van der Waals surface area contributed by atoms with Gasteiger partial charge in [-0.3, -0.25) is 29.9 Å². The summed E-state index contributed by atoms with van der Waals surface area (Å²) in [6.07, 6.45) is -3.22. The number of alkyl halides is 3. The maximum atomic E-state index is 13.1. The zero-order valence-corrected chi connectivity index (χ0v) is 19.8. The summed E-state index contributed by atoms with van der Waals surface area (Å²) < 4.78 is 45.1. The Hall–Kier alpha value is -4.30. The van der Waals surface area contributed by atoms with Crippen LogP contribution in [0, 0.1) is 20.2 Å². The van der Waals surface area contributed by atoms with E-state index in [4.69, 9.17) is 17.0 Å². The third-order valence-corrected chi connectivity index (χ3v) is 6.30. The van der Waals surface area contributed by atoms with Gasteiger partial charge in [-0.1, -0.05) is 48.2 Å². The van der Waals surface area contributed by atoms with Gasteiger partial charge in [0, 0.05) is 11.6 Å². The number of hydrogen-bond donors (Lipinski definition) is 0. The van der Waals surface area contributed by atoms with Crippen LogP contribution in [-0.2, 0) is 11.0 Å². The Morgan fingerprint density at radius 2 is 1.68 bits per heavy atom. The molecule has 9 nitrogen and oxygen atoms in total. The van der Waals surface area contributed by atoms with Crippen LogP contribution in [0.3, 0.4) is 0 Å². The smallest absolute Gasteiger partial charge is 0.416 e. The highest BCUT2D eigenvalue weighted by Gasteiger charge is 2.36. The number of carbonyl (C=O) groups is 1. The minimum Gasteiger partial charge on any atom is -0.449 e. The zero-order chi connectivity index (χ0) is 26.9. The highest BCUT2D eigenvalue weighted by Crippen LogP contribution is 2.40. The molecule has 0 atom stereocenters. The van der Waals surface area contributed by atoms with Crippen LogP contribution in [0.5, 0.6) is 11.5 Å². The van der Waals surface area contributed by atoms with Crippen molar-refractivity contribution >= 4 is 57.3 Å². The number of amides is 1. The van der Waals surface area contributed by atoms with Crippen LogP contribution < -0.4 is 9.64 Å². The molecule has 0 radical (unpaired) electrons. The van der Waals surface area contributed by atoms with Crippen LogP contribution in [-0.4, -0.2) is 20.1 Å². The van der Waals surface area contributed by atoms with Crippen molar-refractivity contribution in [2.45, 2.75) is 6.18 Å². The van der Waals surface area contributed by atoms with Gasteiger partial charge in [0.05, 0.1) is 32.1 Å². The fourth-order valence-corrected chi connectivity index (χ4v) is 4.60. The van der Waals surface area contributed by atoms with Crippen molar-refractivity contribution in [3.05, 3.63) is 103 Å². The number of nitro benzene ring substituents is 2. The summed E-state index contributed by atoms with van der Waals surface area (Å²) in [6, 6.07) is 13.3. The Labute approximate surface area is 215 Å². The summed E-state index contributed by atoms with van der Waals surface area (Å²) in [6.45, 7) is 0. The van der Waals surface area contributed by atoms with E-state index in [9.17, 15) is 38.2 Å². The molecule has 0 aliphatic carbocycles. The first-order valence-electron chi connectivity index (χ1n) is 10.1. The highest BCUT2D eigenvalue weighted by atomic mass is 32.2. The van der Waals surface area contributed by atoms with Crippen molar-refractivity contribution in [2.24, 2.45) is 0 Å². The number of hydrogen-bond acceptors (Lipinski definition) is 8. The van der Waals surface area contributed by atoms with E-state index in [2.05, 4.69) is 0 Å². The summed E-state index contributed by atoms with van der Waals surface area (Å²) >= 11 is 6.09. The molecule has 1 aliphatic heterocycles.